The van der Waals surface area contributed by atoms with E-state index in [0.717, 1.165) is 6.42 Å². The summed E-state index contributed by atoms with van der Waals surface area (Å²) in [5.74, 6) is 1.37. The number of aromatic nitrogens is 1. The molecule has 0 saturated heterocycles. The van der Waals surface area contributed by atoms with Gasteiger partial charge < -0.3 is 20.9 Å². The second-order valence-electron chi connectivity index (χ2n) is 4.11. The van der Waals surface area contributed by atoms with Crippen LogP contribution < -0.4 is 15.8 Å². The molecule has 5 heteroatoms. The number of pyridine rings is 1. The predicted molar refractivity (Wildman–Crippen MR) is 69.2 cm³/mol. The summed E-state index contributed by atoms with van der Waals surface area (Å²) in [5, 5.41) is 12.1. The summed E-state index contributed by atoms with van der Waals surface area (Å²) in [6, 6.07) is 3.57. The van der Waals surface area contributed by atoms with E-state index in [1.54, 1.807) is 12.1 Å². The standard InChI is InChI=1S/C12H21N3O2/c1-3-6-17-12-10(13)4-5-11(15-12)14-7-9(2)8-16/h4-5,9,16H,3,6-8,13H2,1-2H3,(H,14,15). The molecule has 0 aliphatic carbocycles. The molecule has 1 aromatic rings. The van der Waals surface area contributed by atoms with Crippen molar-refractivity contribution in [1.82, 2.24) is 4.98 Å². The first kappa shape index (κ1) is 13.6. The maximum Gasteiger partial charge on any atom is 0.239 e. The van der Waals surface area contributed by atoms with Crippen molar-refractivity contribution < 1.29 is 9.84 Å². The molecule has 0 radical (unpaired) electrons. The lowest BCUT2D eigenvalue weighted by atomic mass is 10.2. The highest BCUT2D eigenvalue weighted by Gasteiger charge is 2.05. The van der Waals surface area contributed by atoms with Crippen LogP contribution in [0.4, 0.5) is 11.5 Å². The molecule has 17 heavy (non-hydrogen) atoms. The summed E-state index contributed by atoms with van der Waals surface area (Å²) in [6.45, 7) is 5.41. The van der Waals surface area contributed by atoms with Crippen LogP contribution >= 0.6 is 0 Å². The van der Waals surface area contributed by atoms with Crippen LogP contribution in [0.25, 0.3) is 0 Å². The Labute approximate surface area is 102 Å². The number of hydrogen-bond acceptors (Lipinski definition) is 5. The molecule has 1 aromatic heterocycles. The van der Waals surface area contributed by atoms with E-state index in [9.17, 15) is 0 Å². The zero-order valence-corrected chi connectivity index (χ0v) is 10.4. The van der Waals surface area contributed by atoms with E-state index in [-0.39, 0.29) is 12.5 Å². The Hall–Kier alpha value is -1.49. The van der Waals surface area contributed by atoms with Gasteiger partial charge >= 0.3 is 0 Å². The van der Waals surface area contributed by atoms with Crippen molar-refractivity contribution in [3.63, 3.8) is 0 Å². The third-order valence-electron chi connectivity index (χ3n) is 2.28. The lowest BCUT2D eigenvalue weighted by Gasteiger charge is -2.12. The predicted octanol–water partition coefficient (Wildman–Crippen LogP) is 1.49. The zero-order chi connectivity index (χ0) is 12.7. The minimum atomic E-state index is 0.154. The monoisotopic (exact) mass is 239 g/mol. The molecule has 1 rings (SSSR count). The maximum absolute atomic E-state index is 8.92. The summed E-state index contributed by atoms with van der Waals surface area (Å²) < 4.78 is 5.43. The summed E-state index contributed by atoms with van der Waals surface area (Å²) in [4.78, 5) is 4.28. The molecule has 0 aliphatic rings. The van der Waals surface area contributed by atoms with E-state index in [2.05, 4.69) is 10.3 Å². The van der Waals surface area contributed by atoms with Gasteiger partial charge in [-0.15, -0.1) is 0 Å². The molecule has 0 aliphatic heterocycles. The molecule has 96 valence electrons. The lowest BCUT2D eigenvalue weighted by molar-refractivity contribution is 0.244. The molecule has 0 saturated carbocycles. The number of ether oxygens (including phenoxy) is 1. The third kappa shape index (κ3) is 4.48. The molecule has 0 aromatic carbocycles. The summed E-state index contributed by atoms with van der Waals surface area (Å²) >= 11 is 0. The smallest absolute Gasteiger partial charge is 0.239 e. The Morgan fingerprint density at radius 3 is 2.94 bits per heavy atom. The minimum absolute atomic E-state index is 0.154. The number of nitrogens with one attached hydrogen (secondary N) is 1. The van der Waals surface area contributed by atoms with Crippen LogP contribution in [0.15, 0.2) is 12.1 Å². The molecule has 1 unspecified atom stereocenters. The summed E-state index contributed by atoms with van der Waals surface area (Å²) in [7, 11) is 0. The average molecular weight is 239 g/mol. The highest BCUT2D eigenvalue weighted by Crippen LogP contribution is 2.21. The van der Waals surface area contributed by atoms with Crippen LogP contribution in [-0.2, 0) is 0 Å². The first-order valence-electron chi connectivity index (χ1n) is 5.91. The van der Waals surface area contributed by atoms with Crippen molar-refractivity contribution in [2.45, 2.75) is 20.3 Å². The van der Waals surface area contributed by atoms with Crippen LogP contribution in [0.1, 0.15) is 20.3 Å². The van der Waals surface area contributed by atoms with Gasteiger partial charge in [0.1, 0.15) is 5.82 Å². The second kappa shape index (κ2) is 6.96. The van der Waals surface area contributed by atoms with E-state index < -0.39 is 0 Å². The number of anilines is 2. The van der Waals surface area contributed by atoms with Gasteiger partial charge in [0.15, 0.2) is 0 Å². The van der Waals surface area contributed by atoms with Crippen LogP contribution in [0, 0.1) is 5.92 Å². The molecular weight excluding hydrogens is 218 g/mol. The Balaban J connectivity index is 2.61. The molecule has 0 fully saturated rings. The van der Waals surface area contributed by atoms with Gasteiger partial charge in [-0.2, -0.15) is 4.98 Å². The third-order valence-corrected chi connectivity index (χ3v) is 2.28. The number of nitrogen functional groups attached to an aromatic ring is 1. The average Bonchev–Trinajstić information content (AvgIpc) is 2.35. The van der Waals surface area contributed by atoms with Gasteiger partial charge in [-0.1, -0.05) is 13.8 Å². The molecule has 0 spiro atoms. The fraction of sp³-hybridized carbons (Fsp3) is 0.583. The maximum atomic E-state index is 8.92. The molecule has 4 N–H and O–H groups in total. The molecule has 5 nitrogen and oxygen atoms in total. The quantitative estimate of drug-likeness (QED) is 0.671. The van der Waals surface area contributed by atoms with Gasteiger partial charge in [-0.05, 0) is 24.5 Å². The Morgan fingerprint density at radius 1 is 1.53 bits per heavy atom. The summed E-state index contributed by atoms with van der Waals surface area (Å²) in [5.41, 5.74) is 6.30. The SMILES string of the molecule is CCCOc1nc(NCC(C)CO)ccc1N. The zero-order valence-electron chi connectivity index (χ0n) is 10.4. The van der Waals surface area contributed by atoms with Crippen LogP contribution in [0.5, 0.6) is 5.88 Å². The van der Waals surface area contributed by atoms with Gasteiger partial charge in [-0.3, -0.25) is 0 Å². The highest BCUT2D eigenvalue weighted by molar-refractivity contribution is 5.53. The van der Waals surface area contributed by atoms with Crippen molar-refractivity contribution >= 4 is 11.5 Å². The van der Waals surface area contributed by atoms with Crippen LogP contribution in [0.2, 0.25) is 0 Å². The number of hydrogen-bond donors (Lipinski definition) is 3. The first-order chi connectivity index (χ1) is 8.17. The molecular formula is C12H21N3O2. The molecule has 1 atom stereocenters. The normalized spacial score (nSPS) is 12.2. The van der Waals surface area contributed by atoms with Gasteiger partial charge in [0.25, 0.3) is 0 Å². The number of aliphatic hydroxyl groups excluding tert-OH is 1. The highest BCUT2D eigenvalue weighted by atomic mass is 16.5. The van der Waals surface area contributed by atoms with E-state index in [1.165, 1.54) is 0 Å². The summed E-state index contributed by atoms with van der Waals surface area (Å²) in [6.07, 6.45) is 0.917. The van der Waals surface area contributed by atoms with Crippen LogP contribution in [0.3, 0.4) is 0 Å². The van der Waals surface area contributed by atoms with Crippen LogP contribution in [-0.4, -0.2) is 29.8 Å². The number of nitrogens with zero attached hydrogens (tertiary/aromatic N) is 1. The van der Waals surface area contributed by atoms with Gasteiger partial charge in [-0.25, -0.2) is 0 Å². The van der Waals surface area contributed by atoms with Gasteiger partial charge in [0, 0.05) is 13.2 Å². The van der Waals surface area contributed by atoms with Crippen molar-refractivity contribution in [2.75, 3.05) is 30.8 Å². The Bertz CT molecular complexity index is 345. The Morgan fingerprint density at radius 2 is 2.29 bits per heavy atom. The van der Waals surface area contributed by atoms with Gasteiger partial charge in [0.2, 0.25) is 5.88 Å². The van der Waals surface area contributed by atoms with Crippen molar-refractivity contribution in [3.05, 3.63) is 12.1 Å². The fourth-order valence-electron chi connectivity index (χ4n) is 1.21. The van der Waals surface area contributed by atoms with E-state index in [4.69, 9.17) is 15.6 Å². The van der Waals surface area contributed by atoms with Gasteiger partial charge in [0.05, 0.1) is 12.3 Å². The topological polar surface area (TPSA) is 80.4 Å². The van der Waals surface area contributed by atoms with Crippen molar-refractivity contribution in [3.8, 4) is 5.88 Å². The minimum Gasteiger partial charge on any atom is -0.476 e. The van der Waals surface area contributed by atoms with E-state index >= 15 is 0 Å². The lowest BCUT2D eigenvalue weighted by Crippen LogP contribution is -2.15. The molecule has 0 bridgehead atoms. The second-order valence-corrected chi connectivity index (χ2v) is 4.11. The number of rotatable bonds is 7. The molecule has 1 heterocycles. The largest absolute Gasteiger partial charge is 0.476 e. The molecule has 0 amide bonds. The Kier molecular flexibility index (Phi) is 5.56. The van der Waals surface area contributed by atoms with E-state index in [1.807, 2.05) is 13.8 Å². The van der Waals surface area contributed by atoms with Crippen molar-refractivity contribution in [2.24, 2.45) is 5.92 Å². The van der Waals surface area contributed by atoms with E-state index in [0.29, 0.717) is 30.5 Å². The number of aliphatic hydroxyl groups is 1. The fourth-order valence-corrected chi connectivity index (χ4v) is 1.21. The number of nitrogens with two attached hydrogens (primary N) is 1. The first-order valence-corrected chi connectivity index (χ1v) is 5.91. The van der Waals surface area contributed by atoms with Crippen molar-refractivity contribution in [1.29, 1.82) is 0 Å².